The second-order valence-electron chi connectivity index (χ2n) is 5.80. The summed E-state index contributed by atoms with van der Waals surface area (Å²) in [5.74, 6) is -2.42. The number of rotatable bonds is 6. The quantitative estimate of drug-likeness (QED) is 0.381. The summed E-state index contributed by atoms with van der Waals surface area (Å²) in [5, 5.41) is 3.94. The molecule has 2 aromatic carbocycles. The minimum atomic E-state index is -4.55. The maximum absolute atomic E-state index is 13.4. The van der Waals surface area contributed by atoms with Crippen molar-refractivity contribution in [1.29, 1.82) is 0 Å². The Morgan fingerprint density at radius 3 is 2.57 bits per heavy atom. The zero-order valence-corrected chi connectivity index (χ0v) is 17.8. The van der Waals surface area contributed by atoms with E-state index in [1.807, 2.05) is 0 Å². The first kappa shape index (κ1) is 21.7. The summed E-state index contributed by atoms with van der Waals surface area (Å²) in [7, 11) is -4.55. The first-order chi connectivity index (χ1) is 14.2. The third-order valence-electron chi connectivity index (χ3n) is 3.70. The van der Waals surface area contributed by atoms with E-state index in [1.54, 1.807) is 31.2 Å². The van der Waals surface area contributed by atoms with Crippen molar-refractivity contribution in [2.75, 3.05) is 6.61 Å². The fourth-order valence-electron chi connectivity index (χ4n) is 2.43. The van der Waals surface area contributed by atoms with Gasteiger partial charge in [0.1, 0.15) is 10.7 Å². The second-order valence-corrected chi connectivity index (χ2v) is 8.26. The molecule has 0 fully saturated rings. The average molecular weight is 497 g/mol. The molecule has 1 heterocycles. The Balaban J connectivity index is 2.13. The van der Waals surface area contributed by atoms with Crippen LogP contribution >= 0.6 is 15.9 Å². The standard InChI is InChI=1S/C19H14BrFN2O6S/c1-2-28-19(25)18-16(29-30(26,27)15-8-4-6-13(21)10-15)11-17(24)23(22-18)14-7-3-5-12(20)9-14/h3-11H,2H2,1H3. The molecule has 0 atom stereocenters. The van der Waals surface area contributed by atoms with Crippen molar-refractivity contribution in [2.24, 2.45) is 0 Å². The lowest BCUT2D eigenvalue weighted by atomic mass is 10.3. The molecule has 0 radical (unpaired) electrons. The van der Waals surface area contributed by atoms with Gasteiger partial charge in [-0.05, 0) is 43.3 Å². The van der Waals surface area contributed by atoms with Crippen LogP contribution in [0.2, 0.25) is 0 Å². The molecule has 3 aromatic rings. The van der Waals surface area contributed by atoms with E-state index in [0.29, 0.717) is 10.2 Å². The van der Waals surface area contributed by atoms with Gasteiger partial charge in [-0.15, -0.1) is 0 Å². The fraction of sp³-hybridized carbons (Fsp3) is 0.105. The van der Waals surface area contributed by atoms with Crippen LogP contribution in [0.3, 0.4) is 0 Å². The van der Waals surface area contributed by atoms with E-state index in [9.17, 15) is 22.4 Å². The van der Waals surface area contributed by atoms with Crippen molar-refractivity contribution < 1.29 is 26.5 Å². The number of nitrogens with zero attached hydrogens (tertiary/aromatic N) is 2. The number of hydrogen-bond donors (Lipinski definition) is 0. The smallest absolute Gasteiger partial charge is 0.362 e. The van der Waals surface area contributed by atoms with Crippen molar-refractivity contribution in [3.63, 3.8) is 0 Å². The highest BCUT2D eigenvalue weighted by Crippen LogP contribution is 2.23. The highest BCUT2D eigenvalue weighted by molar-refractivity contribution is 9.10. The van der Waals surface area contributed by atoms with Crippen LogP contribution < -0.4 is 9.74 Å². The molecule has 0 saturated carbocycles. The van der Waals surface area contributed by atoms with Crippen molar-refractivity contribution in [1.82, 2.24) is 9.78 Å². The summed E-state index contributed by atoms with van der Waals surface area (Å²) in [6, 6.07) is 11.4. The summed E-state index contributed by atoms with van der Waals surface area (Å²) in [5.41, 5.74) is -0.971. The van der Waals surface area contributed by atoms with Crippen molar-refractivity contribution >= 4 is 32.0 Å². The highest BCUT2D eigenvalue weighted by Gasteiger charge is 2.25. The lowest BCUT2D eigenvalue weighted by Crippen LogP contribution is -2.26. The summed E-state index contributed by atoms with van der Waals surface area (Å²) in [6.07, 6.45) is 0. The molecule has 3 rings (SSSR count). The predicted octanol–water partition coefficient (Wildman–Crippen LogP) is 3.08. The van der Waals surface area contributed by atoms with Crippen LogP contribution in [-0.4, -0.2) is 30.8 Å². The van der Waals surface area contributed by atoms with E-state index in [-0.39, 0.29) is 6.61 Å². The first-order valence-corrected chi connectivity index (χ1v) is 10.7. The van der Waals surface area contributed by atoms with Crippen molar-refractivity contribution in [3.05, 3.63) is 80.9 Å². The zero-order chi connectivity index (χ0) is 21.9. The van der Waals surface area contributed by atoms with E-state index in [2.05, 4.69) is 21.0 Å². The zero-order valence-electron chi connectivity index (χ0n) is 15.4. The number of benzene rings is 2. The lowest BCUT2D eigenvalue weighted by molar-refractivity contribution is 0.0515. The molecule has 11 heteroatoms. The van der Waals surface area contributed by atoms with Crippen LogP contribution in [-0.2, 0) is 14.9 Å². The lowest BCUT2D eigenvalue weighted by Gasteiger charge is -2.12. The van der Waals surface area contributed by atoms with Crippen LogP contribution in [0.1, 0.15) is 17.4 Å². The summed E-state index contributed by atoms with van der Waals surface area (Å²) in [6.45, 7) is 1.53. The molecule has 0 aliphatic heterocycles. The molecule has 0 aliphatic rings. The summed E-state index contributed by atoms with van der Waals surface area (Å²) in [4.78, 5) is 24.4. The van der Waals surface area contributed by atoms with E-state index >= 15 is 0 Å². The molecule has 0 amide bonds. The fourth-order valence-corrected chi connectivity index (χ4v) is 3.78. The normalized spacial score (nSPS) is 11.2. The van der Waals surface area contributed by atoms with Gasteiger partial charge in [-0.2, -0.15) is 18.2 Å². The van der Waals surface area contributed by atoms with Gasteiger partial charge in [0, 0.05) is 4.47 Å². The number of aromatic nitrogens is 2. The van der Waals surface area contributed by atoms with Gasteiger partial charge in [0.05, 0.1) is 18.4 Å². The van der Waals surface area contributed by atoms with Crippen LogP contribution in [0, 0.1) is 5.82 Å². The van der Waals surface area contributed by atoms with Gasteiger partial charge in [-0.1, -0.05) is 28.1 Å². The third-order valence-corrected chi connectivity index (χ3v) is 5.43. The number of esters is 1. The Morgan fingerprint density at radius 2 is 1.90 bits per heavy atom. The van der Waals surface area contributed by atoms with E-state index < -0.39 is 43.8 Å². The summed E-state index contributed by atoms with van der Waals surface area (Å²) >= 11 is 3.27. The van der Waals surface area contributed by atoms with Crippen molar-refractivity contribution in [3.8, 4) is 11.4 Å². The SMILES string of the molecule is CCOC(=O)c1nn(-c2cccc(Br)c2)c(=O)cc1OS(=O)(=O)c1cccc(F)c1. The molecule has 8 nitrogen and oxygen atoms in total. The predicted molar refractivity (Wildman–Crippen MR) is 108 cm³/mol. The third kappa shape index (κ3) is 4.74. The average Bonchev–Trinajstić information content (AvgIpc) is 2.68. The molecule has 0 saturated heterocycles. The molecular formula is C19H14BrFN2O6S. The molecule has 156 valence electrons. The van der Waals surface area contributed by atoms with Gasteiger partial charge < -0.3 is 8.92 Å². The van der Waals surface area contributed by atoms with E-state index in [4.69, 9.17) is 8.92 Å². The van der Waals surface area contributed by atoms with Gasteiger partial charge in [-0.3, -0.25) is 4.79 Å². The number of hydrogen-bond acceptors (Lipinski definition) is 7. The molecule has 0 unspecified atom stereocenters. The number of ether oxygens (including phenoxy) is 1. The Labute approximate surface area is 179 Å². The monoisotopic (exact) mass is 496 g/mol. The minimum absolute atomic E-state index is 0.0212. The molecule has 0 spiro atoms. The summed E-state index contributed by atoms with van der Waals surface area (Å²) < 4.78 is 49.9. The number of carbonyl (C=O) groups is 1. The highest BCUT2D eigenvalue weighted by atomic mass is 79.9. The van der Waals surface area contributed by atoms with Crippen LogP contribution in [0.25, 0.3) is 5.69 Å². The van der Waals surface area contributed by atoms with Crippen LogP contribution in [0.5, 0.6) is 5.75 Å². The van der Waals surface area contributed by atoms with Gasteiger partial charge in [0.15, 0.2) is 5.75 Å². The Kier molecular flexibility index (Phi) is 6.32. The van der Waals surface area contributed by atoms with Gasteiger partial charge in [0.25, 0.3) is 5.56 Å². The minimum Gasteiger partial charge on any atom is -0.461 e. The number of carbonyl (C=O) groups excluding carboxylic acids is 1. The van der Waals surface area contributed by atoms with Crippen LogP contribution in [0.15, 0.2) is 68.8 Å². The van der Waals surface area contributed by atoms with Crippen LogP contribution in [0.4, 0.5) is 4.39 Å². The van der Waals surface area contributed by atoms with Crippen molar-refractivity contribution in [2.45, 2.75) is 11.8 Å². The molecule has 0 aliphatic carbocycles. The molecule has 1 aromatic heterocycles. The van der Waals surface area contributed by atoms with Gasteiger partial charge >= 0.3 is 16.1 Å². The molecule has 0 bridgehead atoms. The van der Waals surface area contributed by atoms with E-state index in [0.717, 1.165) is 28.9 Å². The van der Waals surface area contributed by atoms with E-state index in [1.165, 1.54) is 6.07 Å². The molecular weight excluding hydrogens is 483 g/mol. The van der Waals surface area contributed by atoms with Gasteiger partial charge in [-0.25, -0.2) is 9.18 Å². The maximum Gasteiger partial charge on any atom is 0.362 e. The largest absolute Gasteiger partial charge is 0.461 e. The van der Waals surface area contributed by atoms with Gasteiger partial charge in [0.2, 0.25) is 5.69 Å². The topological polar surface area (TPSA) is 105 Å². The number of halogens is 2. The second kappa shape index (κ2) is 8.76. The molecule has 30 heavy (non-hydrogen) atoms. The first-order valence-electron chi connectivity index (χ1n) is 8.49. The Morgan fingerprint density at radius 1 is 1.17 bits per heavy atom. The molecule has 0 N–H and O–H groups in total. The Hall–Kier alpha value is -3.05. The maximum atomic E-state index is 13.4. The Bertz CT molecular complexity index is 1280.